The number of carboxylic acids is 2. The monoisotopic (exact) mass is 325 g/mol. The SMILES string of the molecule is CCSC(C(=O)[O-])C(C(=O)[O-])S(=O)(=O)O.[Na+].[Na+].[Na+]. The Balaban J connectivity index is -0.000000327. The molecule has 0 amide bonds. The van der Waals surface area contributed by atoms with E-state index in [0.29, 0.717) is 11.8 Å². The molecule has 2 atom stereocenters. The first-order chi connectivity index (χ1) is 6.71. The predicted molar refractivity (Wildman–Crippen MR) is 47.3 cm³/mol. The van der Waals surface area contributed by atoms with Crippen molar-refractivity contribution in [1.29, 1.82) is 0 Å². The van der Waals surface area contributed by atoms with Gasteiger partial charge in [0.2, 0.25) is 0 Å². The Morgan fingerprint density at radius 3 is 1.72 bits per heavy atom. The van der Waals surface area contributed by atoms with Crippen molar-refractivity contribution >= 4 is 33.8 Å². The van der Waals surface area contributed by atoms with Gasteiger partial charge in [0.25, 0.3) is 10.1 Å². The maximum Gasteiger partial charge on any atom is 1.00 e. The van der Waals surface area contributed by atoms with Crippen LogP contribution in [-0.2, 0) is 19.7 Å². The van der Waals surface area contributed by atoms with Crippen LogP contribution in [-0.4, -0.2) is 41.2 Å². The van der Waals surface area contributed by atoms with E-state index in [1.165, 1.54) is 6.92 Å². The summed E-state index contributed by atoms with van der Waals surface area (Å²) in [7, 11) is -5.03. The number of carbonyl (C=O) groups excluding carboxylic acids is 2. The minimum absolute atomic E-state index is 0. The van der Waals surface area contributed by atoms with Crippen molar-refractivity contribution in [2.75, 3.05) is 5.75 Å². The summed E-state index contributed by atoms with van der Waals surface area (Å²) in [4.78, 5) is 20.9. The molecule has 12 heteroatoms. The summed E-state index contributed by atoms with van der Waals surface area (Å²) in [6.45, 7) is 1.50. The van der Waals surface area contributed by atoms with Crippen LogP contribution < -0.4 is 98.9 Å². The van der Waals surface area contributed by atoms with Crippen molar-refractivity contribution in [3.63, 3.8) is 0 Å². The van der Waals surface area contributed by atoms with Gasteiger partial charge in [-0.05, 0) is 5.75 Å². The second kappa shape index (κ2) is 12.9. The van der Waals surface area contributed by atoms with Gasteiger partial charge in [0.1, 0.15) is 5.25 Å². The van der Waals surface area contributed by atoms with E-state index in [1.54, 1.807) is 0 Å². The van der Waals surface area contributed by atoms with Crippen LogP contribution in [0.3, 0.4) is 0 Å². The van der Waals surface area contributed by atoms with Gasteiger partial charge in [-0.2, -0.15) is 20.2 Å². The molecule has 0 spiro atoms. The van der Waals surface area contributed by atoms with E-state index in [2.05, 4.69) is 0 Å². The standard InChI is InChI=1S/C6H10O7S2.3Na/c1-2-14-3(5(7)8)4(6(9)10)15(11,12)13;;;/h3-4H,2H2,1H3,(H,7,8)(H,9,10)(H,11,12,13);;;/q;3*+1/p-2. The van der Waals surface area contributed by atoms with Gasteiger partial charge in [-0.25, -0.2) is 0 Å². The number of thioether (sulfide) groups is 1. The number of carbonyl (C=O) groups is 2. The molecule has 0 aliphatic heterocycles. The average molecular weight is 325 g/mol. The third-order valence-electron chi connectivity index (χ3n) is 1.41. The molecule has 0 aliphatic carbocycles. The maximum absolute atomic E-state index is 10.6. The average Bonchev–Trinajstić information content (AvgIpc) is 1.99. The molecule has 2 unspecified atom stereocenters. The molecule has 0 radical (unpaired) electrons. The molecule has 0 rings (SSSR count). The maximum atomic E-state index is 10.6. The van der Waals surface area contributed by atoms with Crippen molar-refractivity contribution in [2.45, 2.75) is 17.4 Å². The Hall–Kier alpha value is 2.20. The molecule has 0 fully saturated rings. The van der Waals surface area contributed by atoms with Crippen LogP contribution in [0.1, 0.15) is 6.92 Å². The van der Waals surface area contributed by atoms with E-state index in [-0.39, 0.29) is 94.4 Å². The summed E-state index contributed by atoms with van der Waals surface area (Å²) in [6, 6.07) is 0. The summed E-state index contributed by atoms with van der Waals surface area (Å²) in [5.41, 5.74) is 0. The fourth-order valence-corrected chi connectivity index (χ4v) is 2.96. The van der Waals surface area contributed by atoms with Crippen LogP contribution in [0.4, 0.5) is 0 Å². The van der Waals surface area contributed by atoms with E-state index in [0.717, 1.165) is 0 Å². The van der Waals surface area contributed by atoms with Gasteiger partial charge >= 0.3 is 88.7 Å². The van der Waals surface area contributed by atoms with Gasteiger partial charge in [0.05, 0.1) is 17.2 Å². The first-order valence-corrected chi connectivity index (χ1v) is 6.26. The summed E-state index contributed by atoms with van der Waals surface area (Å²) >= 11 is 0.526. The number of hydrogen-bond donors (Lipinski definition) is 1. The van der Waals surface area contributed by atoms with E-state index < -0.39 is 32.6 Å². The van der Waals surface area contributed by atoms with Crippen LogP contribution in [0, 0.1) is 0 Å². The number of carboxylic acid groups (broad SMARTS) is 2. The van der Waals surface area contributed by atoms with Crippen LogP contribution in [0.15, 0.2) is 0 Å². The zero-order valence-corrected chi connectivity index (χ0v) is 18.2. The zero-order valence-electron chi connectivity index (χ0n) is 10.6. The fraction of sp³-hybridized carbons (Fsp3) is 0.667. The molecule has 0 aliphatic rings. The summed E-state index contributed by atoms with van der Waals surface area (Å²) in [5.74, 6) is -3.90. The number of hydrogen-bond acceptors (Lipinski definition) is 7. The third kappa shape index (κ3) is 10.0. The number of rotatable bonds is 6. The van der Waals surface area contributed by atoms with Gasteiger partial charge < -0.3 is 19.8 Å². The van der Waals surface area contributed by atoms with Crippen molar-refractivity contribution in [2.24, 2.45) is 0 Å². The molecule has 0 heterocycles. The Morgan fingerprint density at radius 2 is 1.56 bits per heavy atom. The van der Waals surface area contributed by atoms with E-state index >= 15 is 0 Å². The Kier molecular flexibility index (Phi) is 20.3. The van der Waals surface area contributed by atoms with Crippen molar-refractivity contribution in [3.8, 4) is 0 Å². The van der Waals surface area contributed by atoms with Gasteiger partial charge in [-0.15, -0.1) is 0 Å². The van der Waals surface area contributed by atoms with Crippen LogP contribution in [0.5, 0.6) is 0 Å². The van der Waals surface area contributed by atoms with Gasteiger partial charge in [0, 0.05) is 0 Å². The zero-order chi connectivity index (χ0) is 12.2. The van der Waals surface area contributed by atoms with E-state index in [9.17, 15) is 28.2 Å². The Morgan fingerprint density at radius 1 is 1.17 bits per heavy atom. The molecule has 18 heavy (non-hydrogen) atoms. The molecule has 1 N–H and O–H groups in total. The topological polar surface area (TPSA) is 135 Å². The minimum Gasteiger partial charge on any atom is -0.549 e. The molecule has 0 aromatic rings. The fourth-order valence-electron chi connectivity index (χ4n) is 0.860. The second-order valence-electron chi connectivity index (χ2n) is 2.45. The first-order valence-electron chi connectivity index (χ1n) is 3.71. The van der Waals surface area contributed by atoms with E-state index in [1.807, 2.05) is 0 Å². The predicted octanol–water partition coefficient (Wildman–Crippen LogP) is -12.1. The van der Waals surface area contributed by atoms with Crippen molar-refractivity contribution < 1.29 is 121 Å². The molecular weight excluding hydrogens is 317 g/mol. The van der Waals surface area contributed by atoms with Crippen LogP contribution in [0.25, 0.3) is 0 Å². The Labute approximate surface area is 175 Å². The van der Waals surface area contributed by atoms with Gasteiger partial charge in [0.15, 0.2) is 0 Å². The molecular formula is C6H8Na3O7S2+. The largest absolute Gasteiger partial charge is 1.00 e. The van der Waals surface area contributed by atoms with Crippen LogP contribution >= 0.6 is 11.8 Å². The number of aliphatic carboxylic acids is 2. The normalized spacial score (nSPS) is 13.0. The third-order valence-corrected chi connectivity index (χ3v) is 3.84. The molecule has 7 nitrogen and oxygen atoms in total. The summed E-state index contributed by atoms with van der Waals surface area (Å²) < 4.78 is 29.8. The molecule has 0 saturated carbocycles. The van der Waals surface area contributed by atoms with Crippen LogP contribution in [0.2, 0.25) is 0 Å². The molecule has 88 valence electrons. The van der Waals surface area contributed by atoms with Gasteiger partial charge in [-0.1, -0.05) is 6.92 Å². The first kappa shape index (κ1) is 28.4. The van der Waals surface area contributed by atoms with E-state index in [4.69, 9.17) is 4.55 Å². The molecule has 0 aromatic heterocycles. The van der Waals surface area contributed by atoms with Crippen molar-refractivity contribution in [3.05, 3.63) is 0 Å². The minimum atomic E-state index is -5.03. The summed E-state index contributed by atoms with van der Waals surface area (Å²) in [6.07, 6.45) is 0. The molecule has 0 saturated heterocycles. The quantitative estimate of drug-likeness (QED) is 0.376. The van der Waals surface area contributed by atoms with Crippen molar-refractivity contribution in [1.82, 2.24) is 0 Å². The molecule has 0 aromatic carbocycles. The Bertz CT molecular complexity index is 358. The van der Waals surface area contributed by atoms with Gasteiger partial charge in [-0.3, -0.25) is 4.55 Å². The second-order valence-corrected chi connectivity index (χ2v) is 5.41. The molecule has 0 bridgehead atoms. The smallest absolute Gasteiger partial charge is 0.549 e. The summed E-state index contributed by atoms with van der Waals surface area (Å²) in [5, 5.41) is 16.5.